The van der Waals surface area contributed by atoms with Crippen LogP contribution in [0.2, 0.25) is 0 Å². The lowest BCUT2D eigenvalue weighted by Gasteiger charge is -2.09. The molecule has 0 amide bonds. The van der Waals surface area contributed by atoms with Gasteiger partial charge in [-0.2, -0.15) is 5.10 Å². The number of nitrogens with two attached hydrogens (primary N) is 1. The van der Waals surface area contributed by atoms with Gasteiger partial charge in [-0.15, -0.1) is 0 Å². The molecule has 2 aromatic rings. The van der Waals surface area contributed by atoms with Gasteiger partial charge in [0, 0.05) is 18.2 Å². The minimum Gasteiger partial charge on any atom is -0.493 e. The van der Waals surface area contributed by atoms with Gasteiger partial charge in [-0.05, 0) is 25.5 Å². The molecule has 0 bridgehead atoms. The summed E-state index contributed by atoms with van der Waals surface area (Å²) < 4.78 is 7.37. The number of anilines is 1. The van der Waals surface area contributed by atoms with Gasteiger partial charge >= 0.3 is 0 Å². The number of benzene rings is 1. The van der Waals surface area contributed by atoms with Crippen LogP contribution in [0.1, 0.15) is 19.4 Å². The van der Waals surface area contributed by atoms with Crippen molar-refractivity contribution in [3.05, 3.63) is 29.8 Å². The summed E-state index contributed by atoms with van der Waals surface area (Å²) in [7, 11) is 1.86. The molecular formula is C14H19N3O. The fraction of sp³-hybridized carbons (Fsp3) is 0.357. The summed E-state index contributed by atoms with van der Waals surface area (Å²) in [4.78, 5) is 0. The molecule has 0 saturated heterocycles. The molecule has 0 aliphatic rings. The van der Waals surface area contributed by atoms with Crippen LogP contribution in [-0.4, -0.2) is 16.4 Å². The molecule has 2 N–H and O–H groups in total. The van der Waals surface area contributed by atoms with Crippen molar-refractivity contribution in [3.8, 4) is 17.0 Å². The van der Waals surface area contributed by atoms with Crippen molar-refractivity contribution in [1.29, 1.82) is 0 Å². The van der Waals surface area contributed by atoms with Crippen LogP contribution in [0.15, 0.2) is 24.3 Å². The molecule has 0 saturated carbocycles. The summed E-state index contributed by atoms with van der Waals surface area (Å²) in [5, 5.41) is 4.51. The number of hydrogen-bond donors (Lipinski definition) is 1. The summed E-state index contributed by atoms with van der Waals surface area (Å²) >= 11 is 0. The summed E-state index contributed by atoms with van der Waals surface area (Å²) in [6.07, 6.45) is 0.857. The van der Waals surface area contributed by atoms with E-state index in [1.165, 1.54) is 0 Å². The highest BCUT2D eigenvalue weighted by Gasteiger charge is 2.16. The highest BCUT2D eigenvalue weighted by atomic mass is 16.5. The monoisotopic (exact) mass is 245 g/mol. The van der Waals surface area contributed by atoms with Crippen LogP contribution in [0.5, 0.6) is 5.75 Å². The number of aryl methyl sites for hydroxylation is 1. The first-order valence-corrected chi connectivity index (χ1v) is 6.22. The number of ether oxygens (including phenoxy) is 1. The minimum atomic E-state index is 0.640. The second kappa shape index (κ2) is 5.12. The molecule has 18 heavy (non-hydrogen) atoms. The van der Waals surface area contributed by atoms with E-state index >= 15 is 0 Å². The van der Waals surface area contributed by atoms with Crippen molar-refractivity contribution in [3.63, 3.8) is 0 Å². The Bertz CT molecular complexity index is 546. The Morgan fingerprint density at radius 1 is 1.28 bits per heavy atom. The molecule has 0 unspecified atom stereocenters. The Hall–Kier alpha value is -1.97. The van der Waals surface area contributed by atoms with Crippen molar-refractivity contribution < 1.29 is 4.74 Å². The van der Waals surface area contributed by atoms with E-state index in [0.717, 1.165) is 34.8 Å². The van der Waals surface area contributed by atoms with E-state index in [1.54, 1.807) is 4.68 Å². The lowest BCUT2D eigenvalue weighted by molar-refractivity contribution is 0.341. The number of para-hydroxylation sites is 1. The van der Waals surface area contributed by atoms with Crippen LogP contribution in [0, 0.1) is 0 Å². The molecule has 1 aromatic carbocycles. The Labute approximate surface area is 107 Å². The average Bonchev–Trinajstić information content (AvgIpc) is 2.66. The maximum Gasteiger partial charge on any atom is 0.128 e. The third kappa shape index (κ3) is 2.06. The molecule has 2 rings (SSSR count). The topological polar surface area (TPSA) is 53.1 Å². The molecule has 0 radical (unpaired) electrons. The standard InChI is InChI=1S/C14H19N3O/c1-4-10-13(16-17(3)14(10)15)11-8-6-7-9-12(11)18-5-2/h6-9H,4-5,15H2,1-3H3. The van der Waals surface area contributed by atoms with E-state index in [1.807, 2.05) is 38.2 Å². The van der Waals surface area contributed by atoms with E-state index in [0.29, 0.717) is 6.61 Å². The molecule has 4 nitrogen and oxygen atoms in total. The average molecular weight is 245 g/mol. The Kier molecular flexibility index (Phi) is 3.55. The molecular weight excluding hydrogens is 226 g/mol. The second-order valence-electron chi connectivity index (χ2n) is 4.12. The van der Waals surface area contributed by atoms with E-state index < -0.39 is 0 Å². The number of nitrogen functional groups attached to an aromatic ring is 1. The van der Waals surface area contributed by atoms with Crippen LogP contribution in [-0.2, 0) is 13.5 Å². The Morgan fingerprint density at radius 3 is 2.67 bits per heavy atom. The predicted molar refractivity (Wildman–Crippen MR) is 73.6 cm³/mol. The summed E-state index contributed by atoms with van der Waals surface area (Å²) in [6.45, 7) is 4.70. The molecule has 0 fully saturated rings. The summed E-state index contributed by atoms with van der Waals surface area (Å²) in [5.74, 6) is 1.58. The van der Waals surface area contributed by atoms with E-state index in [4.69, 9.17) is 10.5 Å². The van der Waals surface area contributed by atoms with Crippen molar-refractivity contribution >= 4 is 5.82 Å². The molecule has 0 atom stereocenters. The number of rotatable bonds is 4. The molecule has 0 aliphatic carbocycles. The maximum absolute atomic E-state index is 6.03. The van der Waals surface area contributed by atoms with Crippen LogP contribution in [0.4, 0.5) is 5.82 Å². The van der Waals surface area contributed by atoms with Gasteiger partial charge in [0.1, 0.15) is 17.3 Å². The van der Waals surface area contributed by atoms with Gasteiger partial charge in [0.25, 0.3) is 0 Å². The SMILES string of the molecule is CCOc1ccccc1-c1nn(C)c(N)c1CC. The highest BCUT2D eigenvalue weighted by molar-refractivity contribution is 5.73. The van der Waals surface area contributed by atoms with Gasteiger partial charge < -0.3 is 10.5 Å². The molecule has 0 aliphatic heterocycles. The van der Waals surface area contributed by atoms with Gasteiger partial charge in [0.2, 0.25) is 0 Å². The first-order valence-electron chi connectivity index (χ1n) is 6.22. The summed E-state index contributed by atoms with van der Waals surface area (Å²) in [6, 6.07) is 7.93. The zero-order valence-corrected chi connectivity index (χ0v) is 11.1. The fourth-order valence-corrected chi connectivity index (χ4v) is 2.09. The molecule has 0 spiro atoms. The van der Waals surface area contributed by atoms with Crippen LogP contribution >= 0.6 is 0 Å². The third-order valence-corrected chi connectivity index (χ3v) is 2.99. The second-order valence-corrected chi connectivity index (χ2v) is 4.12. The largest absolute Gasteiger partial charge is 0.493 e. The highest BCUT2D eigenvalue weighted by Crippen LogP contribution is 2.33. The number of aromatic nitrogens is 2. The molecule has 1 heterocycles. The first-order chi connectivity index (χ1) is 8.69. The fourth-order valence-electron chi connectivity index (χ4n) is 2.09. The third-order valence-electron chi connectivity index (χ3n) is 2.99. The van der Waals surface area contributed by atoms with Crippen molar-refractivity contribution in [1.82, 2.24) is 9.78 Å². The van der Waals surface area contributed by atoms with Crippen molar-refractivity contribution in [2.75, 3.05) is 12.3 Å². The van der Waals surface area contributed by atoms with Gasteiger partial charge in [-0.25, -0.2) is 0 Å². The molecule has 1 aromatic heterocycles. The van der Waals surface area contributed by atoms with Crippen LogP contribution < -0.4 is 10.5 Å². The van der Waals surface area contributed by atoms with Gasteiger partial charge in [0.05, 0.1) is 6.61 Å². The van der Waals surface area contributed by atoms with E-state index in [9.17, 15) is 0 Å². The zero-order chi connectivity index (χ0) is 13.1. The Morgan fingerprint density at radius 2 is 2.00 bits per heavy atom. The van der Waals surface area contributed by atoms with Crippen LogP contribution in [0.25, 0.3) is 11.3 Å². The van der Waals surface area contributed by atoms with Gasteiger partial charge in [-0.3, -0.25) is 4.68 Å². The zero-order valence-electron chi connectivity index (χ0n) is 11.1. The Balaban J connectivity index is 2.58. The maximum atomic E-state index is 6.03. The minimum absolute atomic E-state index is 0.640. The lowest BCUT2D eigenvalue weighted by Crippen LogP contribution is -1.98. The van der Waals surface area contributed by atoms with Gasteiger partial charge in [-0.1, -0.05) is 19.1 Å². The summed E-state index contributed by atoms with van der Waals surface area (Å²) in [5.41, 5.74) is 9.03. The van der Waals surface area contributed by atoms with Crippen molar-refractivity contribution in [2.24, 2.45) is 7.05 Å². The number of hydrogen-bond acceptors (Lipinski definition) is 3. The predicted octanol–water partition coefficient (Wildman–Crippen LogP) is 2.63. The van der Waals surface area contributed by atoms with Crippen molar-refractivity contribution in [2.45, 2.75) is 20.3 Å². The smallest absolute Gasteiger partial charge is 0.128 e. The molecule has 4 heteroatoms. The number of nitrogens with zero attached hydrogens (tertiary/aromatic N) is 2. The molecule has 96 valence electrons. The normalized spacial score (nSPS) is 10.6. The van der Waals surface area contributed by atoms with E-state index in [2.05, 4.69) is 12.0 Å². The first kappa shape index (κ1) is 12.5. The van der Waals surface area contributed by atoms with E-state index in [-0.39, 0.29) is 0 Å². The quantitative estimate of drug-likeness (QED) is 0.900. The van der Waals surface area contributed by atoms with Gasteiger partial charge in [0.15, 0.2) is 0 Å². The lowest BCUT2D eigenvalue weighted by atomic mass is 10.0. The van der Waals surface area contributed by atoms with Crippen LogP contribution in [0.3, 0.4) is 0 Å².